The lowest BCUT2D eigenvalue weighted by Crippen LogP contribution is -2.38. The van der Waals surface area contributed by atoms with Gasteiger partial charge in [-0.3, -0.25) is 4.90 Å². The lowest BCUT2D eigenvalue weighted by atomic mass is 10.0. The standard InChI is InChI=1S/C15H20N2O2/c1-2-19-14-5-3-4-12(10-14)15(11-16)17-8-6-13(18)7-9-17/h3-5,10,13,15,18H,2,6-9H2,1H3. The van der Waals surface area contributed by atoms with Crippen molar-refractivity contribution in [3.05, 3.63) is 29.8 Å². The van der Waals surface area contributed by atoms with E-state index in [9.17, 15) is 10.4 Å². The van der Waals surface area contributed by atoms with E-state index in [2.05, 4.69) is 11.0 Å². The van der Waals surface area contributed by atoms with Crippen molar-refractivity contribution in [3.63, 3.8) is 0 Å². The van der Waals surface area contributed by atoms with Crippen LogP contribution in [0.5, 0.6) is 5.75 Å². The van der Waals surface area contributed by atoms with Crippen LogP contribution in [0.15, 0.2) is 24.3 Å². The Balaban J connectivity index is 2.13. The molecule has 1 saturated heterocycles. The molecule has 1 fully saturated rings. The van der Waals surface area contributed by atoms with Crippen LogP contribution in [-0.2, 0) is 0 Å². The number of aliphatic hydroxyl groups is 1. The first-order chi connectivity index (χ1) is 9.24. The van der Waals surface area contributed by atoms with Crippen molar-refractivity contribution in [2.45, 2.75) is 31.9 Å². The van der Waals surface area contributed by atoms with Crippen LogP contribution in [0.1, 0.15) is 31.4 Å². The second kappa shape index (κ2) is 6.55. The van der Waals surface area contributed by atoms with E-state index < -0.39 is 0 Å². The maximum absolute atomic E-state index is 9.54. The number of hydrogen-bond acceptors (Lipinski definition) is 4. The topological polar surface area (TPSA) is 56.5 Å². The van der Waals surface area contributed by atoms with Crippen LogP contribution in [0.3, 0.4) is 0 Å². The molecular weight excluding hydrogens is 240 g/mol. The minimum Gasteiger partial charge on any atom is -0.494 e. The monoisotopic (exact) mass is 260 g/mol. The maximum Gasteiger partial charge on any atom is 0.123 e. The van der Waals surface area contributed by atoms with Crippen molar-refractivity contribution in [2.24, 2.45) is 0 Å². The van der Waals surface area contributed by atoms with E-state index in [-0.39, 0.29) is 12.1 Å². The molecule has 2 rings (SSSR count). The molecule has 4 heteroatoms. The highest BCUT2D eigenvalue weighted by molar-refractivity contribution is 5.33. The summed E-state index contributed by atoms with van der Waals surface area (Å²) in [5, 5.41) is 19.0. The number of hydrogen-bond donors (Lipinski definition) is 1. The van der Waals surface area contributed by atoms with E-state index >= 15 is 0 Å². The third-order valence-corrected chi connectivity index (χ3v) is 3.47. The Morgan fingerprint density at radius 3 is 2.84 bits per heavy atom. The highest BCUT2D eigenvalue weighted by Gasteiger charge is 2.25. The van der Waals surface area contributed by atoms with Crippen LogP contribution in [0, 0.1) is 11.3 Å². The van der Waals surface area contributed by atoms with Gasteiger partial charge in [0.05, 0.1) is 18.8 Å². The summed E-state index contributed by atoms with van der Waals surface area (Å²) in [6.07, 6.45) is 1.26. The number of ether oxygens (including phenoxy) is 1. The molecular formula is C15H20N2O2. The van der Waals surface area contributed by atoms with Crippen molar-refractivity contribution in [1.29, 1.82) is 5.26 Å². The van der Waals surface area contributed by atoms with Crippen molar-refractivity contribution in [2.75, 3.05) is 19.7 Å². The average Bonchev–Trinajstić information content (AvgIpc) is 2.43. The molecule has 1 unspecified atom stereocenters. The Kier molecular flexibility index (Phi) is 4.78. The Hall–Kier alpha value is -1.57. The third-order valence-electron chi connectivity index (χ3n) is 3.47. The molecule has 0 radical (unpaired) electrons. The van der Waals surface area contributed by atoms with E-state index in [0.717, 1.165) is 37.2 Å². The van der Waals surface area contributed by atoms with Crippen LogP contribution in [0.4, 0.5) is 0 Å². The molecule has 0 saturated carbocycles. The number of nitriles is 1. The number of benzene rings is 1. The molecule has 1 aromatic rings. The molecule has 0 aromatic heterocycles. The van der Waals surface area contributed by atoms with Gasteiger partial charge in [0.15, 0.2) is 0 Å². The van der Waals surface area contributed by atoms with E-state index in [1.54, 1.807) is 0 Å². The summed E-state index contributed by atoms with van der Waals surface area (Å²) >= 11 is 0. The fraction of sp³-hybridized carbons (Fsp3) is 0.533. The molecule has 1 atom stereocenters. The highest BCUT2D eigenvalue weighted by Crippen LogP contribution is 2.26. The molecule has 19 heavy (non-hydrogen) atoms. The largest absolute Gasteiger partial charge is 0.494 e. The van der Waals surface area contributed by atoms with Crippen molar-refractivity contribution >= 4 is 0 Å². The van der Waals surface area contributed by atoms with Gasteiger partial charge < -0.3 is 9.84 Å². The number of nitrogens with zero attached hydrogens (tertiary/aromatic N) is 2. The Bertz CT molecular complexity index is 448. The summed E-state index contributed by atoms with van der Waals surface area (Å²) in [5.74, 6) is 0.803. The number of piperidine rings is 1. The minimum atomic E-state index is -0.257. The van der Waals surface area contributed by atoms with Gasteiger partial charge >= 0.3 is 0 Å². The molecule has 1 heterocycles. The highest BCUT2D eigenvalue weighted by atomic mass is 16.5. The van der Waals surface area contributed by atoms with Crippen LogP contribution < -0.4 is 4.74 Å². The predicted octanol–water partition coefficient (Wildman–Crippen LogP) is 2.11. The summed E-state index contributed by atoms with van der Waals surface area (Å²) in [5.41, 5.74) is 0.963. The molecule has 102 valence electrons. The zero-order valence-electron chi connectivity index (χ0n) is 11.2. The lowest BCUT2D eigenvalue weighted by Gasteiger charge is -2.33. The van der Waals surface area contributed by atoms with Crippen molar-refractivity contribution in [3.8, 4) is 11.8 Å². The fourth-order valence-electron chi connectivity index (χ4n) is 2.45. The van der Waals surface area contributed by atoms with Crippen molar-refractivity contribution < 1.29 is 9.84 Å². The van der Waals surface area contributed by atoms with Gasteiger partial charge in [0.2, 0.25) is 0 Å². The van der Waals surface area contributed by atoms with Gasteiger partial charge in [-0.1, -0.05) is 12.1 Å². The van der Waals surface area contributed by atoms with Crippen LogP contribution in [0.25, 0.3) is 0 Å². The van der Waals surface area contributed by atoms with Crippen LogP contribution in [0.2, 0.25) is 0 Å². The number of aliphatic hydroxyl groups excluding tert-OH is 1. The normalized spacial score (nSPS) is 18.8. The summed E-state index contributed by atoms with van der Waals surface area (Å²) in [6.45, 7) is 4.09. The summed E-state index contributed by atoms with van der Waals surface area (Å²) in [4.78, 5) is 2.12. The van der Waals surface area contributed by atoms with E-state index in [1.165, 1.54) is 0 Å². The summed E-state index contributed by atoms with van der Waals surface area (Å²) < 4.78 is 5.48. The smallest absolute Gasteiger partial charge is 0.123 e. The van der Waals surface area contributed by atoms with E-state index in [4.69, 9.17) is 4.74 Å². The van der Waals surface area contributed by atoms with Gasteiger partial charge in [-0.2, -0.15) is 5.26 Å². The van der Waals surface area contributed by atoms with Gasteiger partial charge in [0, 0.05) is 13.1 Å². The second-order valence-electron chi connectivity index (χ2n) is 4.80. The van der Waals surface area contributed by atoms with E-state index in [0.29, 0.717) is 6.61 Å². The summed E-state index contributed by atoms with van der Waals surface area (Å²) in [6, 6.07) is 9.82. The zero-order valence-corrected chi connectivity index (χ0v) is 11.2. The molecule has 1 aliphatic rings. The Labute approximate surface area is 114 Å². The fourth-order valence-corrected chi connectivity index (χ4v) is 2.45. The quantitative estimate of drug-likeness (QED) is 0.900. The second-order valence-corrected chi connectivity index (χ2v) is 4.80. The molecule has 1 aliphatic heterocycles. The first-order valence-electron chi connectivity index (χ1n) is 6.79. The zero-order chi connectivity index (χ0) is 13.7. The number of likely N-dealkylation sites (tertiary alicyclic amines) is 1. The third kappa shape index (κ3) is 3.46. The van der Waals surface area contributed by atoms with Gasteiger partial charge in [-0.05, 0) is 37.5 Å². The van der Waals surface area contributed by atoms with Gasteiger partial charge in [0.1, 0.15) is 11.8 Å². The number of rotatable bonds is 4. The first kappa shape index (κ1) is 13.9. The molecule has 0 amide bonds. The maximum atomic E-state index is 9.54. The van der Waals surface area contributed by atoms with Gasteiger partial charge in [-0.25, -0.2) is 0 Å². The summed E-state index contributed by atoms with van der Waals surface area (Å²) in [7, 11) is 0. The lowest BCUT2D eigenvalue weighted by molar-refractivity contribution is 0.0716. The predicted molar refractivity (Wildman–Crippen MR) is 72.8 cm³/mol. The molecule has 1 N–H and O–H groups in total. The minimum absolute atomic E-state index is 0.217. The SMILES string of the molecule is CCOc1cccc(C(C#N)N2CCC(O)CC2)c1. The van der Waals surface area contributed by atoms with Gasteiger partial charge in [-0.15, -0.1) is 0 Å². The Morgan fingerprint density at radius 2 is 2.21 bits per heavy atom. The van der Waals surface area contributed by atoms with Crippen molar-refractivity contribution in [1.82, 2.24) is 4.90 Å². The first-order valence-corrected chi connectivity index (χ1v) is 6.79. The molecule has 0 bridgehead atoms. The molecule has 0 spiro atoms. The van der Waals surface area contributed by atoms with Crippen LogP contribution >= 0.6 is 0 Å². The Morgan fingerprint density at radius 1 is 1.47 bits per heavy atom. The molecule has 0 aliphatic carbocycles. The molecule has 1 aromatic carbocycles. The average molecular weight is 260 g/mol. The molecule has 4 nitrogen and oxygen atoms in total. The van der Waals surface area contributed by atoms with E-state index in [1.807, 2.05) is 31.2 Å². The van der Waals surface area contributed by atoms with Crippen LogP contribution in [-0.4, -0.2) is 35.8 Å². The van der Waals surface area contributed by atoms with Gasteiger partial charge in [0.25, 0.3) is 0 Å².